The minimum atomic E-state index is -0.498. The SMILES string of the molecule is C[C@H](C1CCN(C(=O)COc2ccc(F)c(Cl)c2)CC1)N1CCOCC1. The van der Waals surface area contributed by atoms with E-state index in [0.29, 0.717) is 17.7 Å². The number of carbonyl (C=O) groups is 1. The largest absolute Gasteiger partial charge is 0.484 e. The van der Waals surface area contributed by atoms with Gasteiger partial charge in [0.15, 0.2) is 6.61 Å². The Bertz CT molecular complexity index is 617. The van der Waals surface area contributed by atoms with Gasteiger partial charge >= 0.3 is 0 Å². The third-order valence-corrected chi connectivity index (χ3v) is 5.74. The monoisotopic (exact) mass is 384 g/mol. The normalized spacial score (nSPS) is 20.8. The van der Waals surface area contributed by atoms with Crippen molar-refractivity contribution in [3.05, 3.63) is 29.0 Å². The van der Waals surface area contributed by atoms with Crippen LogP contribution in [0, 0.1) is 11.7 Å². The molecule has 0 bridgehead atoms. The van der Waals surface area contributed by atoms with E-state index in [4.69, 9.17) is 21.1 Å². The first-order chi connectivity index (χ1) is 12.5. The molecule has 2 fully saturated rings. The second-order valence-electron chi connectivity index (χ2n) is 6.97. The van der Waals surface area contributed by atoms with Gasteiger partial charge in [0.25, 0.3) is 5.91 Å². The third kappa shape index (κ3) is 4.87. The van der Waals surface area contributed by atoms with E-state index in [2.05, 4.69) is 11.8 Å². The number of morpholine rings is 1. The summed E-state index contributed by atoms with van der Waals surface area (Å²) in [6.07, 6.45) is 2.01. The quantitative estimate of drug-likeness (QED) is 0.782. The van der Waals surface area contributed by atoms with E-state index in [1.807, 2.05) is 4.90 Å². The van der Waals surface area contributed by atoms with Gasteiger partial charge in [0.2, 0.25) is 0 Å². The molecule has 1 amide bonds. The van der Waals surface area contributed by atoms with Gasteiger partial charge in [-0.3, -0.25) is 9.69 Å². The molecule has 0 spiro atoms. The molecule has 7 heteroatoms. The maximum absolute atomic E-state index is 13.2. The topological polar surface area (TPSA) is 42.0 Å². The molecule has 2 heterocycles. The van der Waals surface area contributed by atoms with Crippen LogP contribution < -0.4 is 4.74 Å². The Morgan fingerprint density at radius 3 is 2.65 bits per heavy atom. The summed E-state index contributed by atoms with van der Waals surface area (Å²) in [5, 5.41) is -0.00661. The molecule has 1 aromatic carbocycles. The number of carbonyl (C=O) groups excluding carboxylic acids is 1. The lowest BCUT2D eigenvalue weighted by atomic mass is 9.89. The number of rotatable bonds is 5. The summed E-state index contributed by atoms with van der Waals surface area (Å²) >= 11 is 5.73. The van der Waals surface area contributed by atoms with E-state index in [0.717, 1.165) is 52.2 Å². The third-order valence-electron chi connectivity index (χ3n) is 5.45. The van der Waals surface area contributed by atoms with E-state index in [9.17, 15) is 9.18 Å². The zero-order valence-electron chi connectivity index (χ0n) is 15.1. The first-order valence-electron chi connectivity index (χ1n) is 9.22. The number of hydrogen-bond acceptors (Lipinski definition) is 4. The van der Waals surface area contributed by atoms with Crippen LogP contribution in [0.3, 0.4) is 0 Å². The highest BCUT2D eigenvalue weighted by Gasteiger charge is 2.30. The van der Waals surface area contributed by atoms with Gasteiger partial charge in [-0.05, 0) is 37.8 Å². The Kier molecular flexibility index (Phi) is 6.73. The van der Waals surface area contributed by atoms with Crippen molar-refractivity contribution >= 4 is 17.5 Å². The van der Waals surface area contributed by atoms with Crippen LogP contribution in [0.25, 0.3) is 0 Å². The molecular weight excluding hydrogens is 359 g/mol. The fourth-order valence-electron chi connectivity index (χ4n) is 3.72. The van der Waals surface area contributed by atoms with Gasteiger partial charge in [0.1, 0.15) is 11.6 Å². The van der Waals surface area contributed by atoms with Crippen LogP contribution in [0.5, 0.6) is 5.75 Å². The second kappa shape index (κ2) is 9.02. The van der Waals surface area contributed by atoms with Gasteiger partial charge < -0.3 is 14.4 Å². The van der Waals surface area contributed by atoms with Gasteiger partial charge in [-0.1, -0.05) is 11.6 Å². The summed E-state index contributed by atoms with van der Waals surface area (Å²) in [6.45, 7) is 7.36. The minimum absolute atomic E-state index is 0.00661. The second-order valence-corrected chi connectivity index (χ2v) is 7.38. The molecule has 5 nitrogen and oxygen atoms in total. The molecule has 2 aliphatic heterocycles. The smallest absolute Gasteiger partial charge is 0.260 e. The first kappa shape index (κ1) is 19.4. The van der Waals surface area contributed by atoms with E-state index in [1.54, 1.807) is 0 Å². The van der Waals surface area contributed by atoms with Gasteiger partial charge in [0.05, 0.1) is 18.2 Å². The average molecular weight is 385 g/mol. The Morgan fingerprint density at radius 2 is 2.00 bits per heavy atom. The van der Waals surface area contributed by atoms with Crippen molar-refractivity contribution < 1.29 is 18.7 Å². The van der Waals surface area contributed by atoms with Crippen molar-refractivity contribution in [3.63, 3.8) is 0 Å². The zero-order valence-corrected chi connectivity index (χ0v) is 15.9. The number of nitrogens with zero attached hydrogens (tertiary/aromatic N) is 2. The van der Waals surface area contributed by atoms with Gasteiger partial charge in [-0.2, -0.15) is 0 Å². The van der Waals surface area contributed by atoms with Crippen LogP contribution >= 0.6 is 11.6 Å². The van der Waals surface area contributed by atoms with Crippen molar-refractivity contribution in [2.75, 3.05) is 46.0 Å². The Morgan fingerprint density at radius 1 is 1.31 bits per heavy atom. The molecule has 0 aromatic heterocycles. The van der Waals surface area contributed by atoms with Gasteiger partial charge in [0, 0.05) is 38.3 Å². The molecule has 1 aromatic rings. The van der Waals surface area contributed by atoms with E-state index in [-0.39, 0.29) is 17.5 Å². The first-order valence-corrected chi connectivity index (χ1v) is 9.60. The summed E-state index contributed by atoms with van der Waals surface area (Å²) in [6, 6.07) is 4.62. The van der Waals surface area contributed by atoms with E-state index in [1.165, 1.54) is 18.2 Å². The van der Waals surface area contributed by atoms with Crippen LogP contribution in [0.15, 0.2) is 18.2 Å². The van der Waals surface area contributed by atoms with Crippen LogP contribution in [-0.2, 0) is 9.53 Å². The average Bonchev–Trinajstić information content (AvgIpc) is 2.69. The predicted octanol–water partition coefficient (Wildman–Crippen LogP) is 2.82. The lowest BCUT2D eigenvalue weighted by molar-refractivity contribution is -0.135. The molecule has 0 radical (unpaired) electrons. The molecule has 144 valence electrons. The summed E-state index contributed by atoms with van der Waals surface area (Å²) in [7, 11) is 0. The maximum Gasteiger partial charge on any atom is 0.260 e. The fraction of sp³-hybridized carbons (Fsp3) is 0.632. The van der Waals surface area contributed by atoms with Crippen LogP contribution in [0.2, 0.25) is 5.02 Å². The molecule has 3 rings (SSSR count). The molecule has 2 aliphatic rings. The van der Waals surface area contributed by atoms with Crippen molar-refractivity contribution in [1.29, 1.82) is 0 Å². The summed E-state index contributed by atoms with van der Waals surface area (Å²) < 4.78 is 24.0. The van der Waals surface area contributed by atoms with E-state index < -0.39 is 5.82 Å². The summed E-state index contributed by atoms with van der Waals surface area (Å²) in [5.41, 5.74) is 0. The Balaban J connectivity index is 1.43. The number of hydrogen-bond donors (Lipinski definition) is 0. The number of amides is 1. The van der Waals surface area contributed by atoms with Crippen LogP contribution in [0.4, 0.5) is 4.39 Å². The lowest BCUT2D eigenvalue weighted by Gasteiger charge is -2.41. The molecule has 1 atom stereocenters. The molecular formula is C19H26ClFN2O3. The number of likely N-dealkylation sites (tertiary alicyclic amines) is 1. The van der Waals surface area contributed by atoms with Crippen LogP contribution in [-0.4, -0.2) is 67.7 Å². The Labute approximate surface area is 159 Å². The number of piperidine rings is 1. The number of halogens is 2. The lowest BCUT2D eigenvalue weighted by Crippen LogP contribution is -2.49. The molecule has 0 unspecified atom stereocenters. The summed E-state index contributed by atoms with van der Waals surface area (Å²) in [5.74, 6) is 0.472. The van der Waals surface area contributed by atoms with Crippen molar-refractivity contribution in [2.24, 2.45) is 5.92 Å². The molecule has 0 aliphatic carbocycles. The fourth-order valence-corrected chi connectivity index (χ4v) is 3.89. The maximum atomic E-state index is 13.2. The van der Waals surface area contributed by atoms with Gasteiger partial charge in [-0.25, -0.2) is 4.39 Å². The highest BCUT2D eigenvalue weighted by atomic mass is 35.5. The number of benzene rings is 1. The van der Waals surface area contributed by atoms with E-state index >= 15 is 0 Å². The van der Waals surface area contributed by atoms with Crippen molar-refractivity contribution in [1.82, 2.24) is 9.80 Å². The number of ether oxygens (including phenoxy) is 2. The molecule has 2 saturated heterocycles. The predicted molar refractivity (Wildman–Crippen MR) is 98.1 cm³/mol. The van der Waals surface area contributed by atoms with Crippen molar-refractivity contribution in [3.8, 4) is 5.75 Å². The molecule has 0 saturated carbocycles. The van der Waals surface area contributed by atoms with Gasteiger partial charge in [-0.15, -0.1) is 0 Å². The highest BCUT2D eigenvalue weighted by Crippen LogP contribution is 2.25. The summed E-state index contributed by atoms with van der Waals surface area (Å²) in [4.78, 5) is 16.7. The molecule has 26 heavy (non-hydrogen) atoms. The standard InChI is InChI=1S/C19H26ClFN2O3/c1-14(22-8-10-25-11-9-22)15-4-6-23(7-5-15)19(24)13-26-16-2-3-18(21)17(20)12-16/h2-3,12,14-15H,4-11,13H2,1H3/t14-/m1/s1. The van der Waals surface area contributed by atoms with Crippen molar-refractivity contribution in [2.45, 2.75) is 25.8 Å². The van der Waals surface area contributed by atoms with Crippen LogP contribution in [0.1, 0.15) is 19.8 Å². The highest BCUT2D eigenvalue weighted by molar-refractivity contribution is 6.30. The Hall–Kier alpha value is -1.37. The minimum Gasteiger partial charge on any atom is -0.484 e. The molecule has 0 N–H and O–H groups in total. The zero-order chi connectivity index (χ0) is 18.5.